The minimum Gasteiger partial charge on any atom is -0.481 e. The summed E-state index contributed by atoms with van der Waals surface area (Å²) in [5, 5.41) is 17.5. The Morgan fingerprint density at radius 1 is 1.38 bits per heavy atom. The number of Topliss-reactive ketones (excluding diaryl/α,β-unsaturated/α-hetero) is 1. The minimum absolute atomic E-state index is 0.0910. The van der Waals surface area contributed by atoms with Crippen LogP contribution in [-0.2, 0) is 14.3 Å². The highest BCUT2D eigenvalue weighted by molar-refractivity contribution is 5.78. The van der Waals surface area contributed by atoms with Crippen molar-refractivity contribution < 1.29 is 24.5 Å². The largest absolute Gasteiger partial charge is 0.481 e. The van der Waals surface area contributed by atoms with Crippen molar-refractivity contribution in [3.63, 3.8) is 0 Å². The van der Waals surface area contributed by atoms with Gasteiger partial charge in [0.05, 0.1) is 13.0 Å². The van der Waals surface area contributed by atoms with Crippen molar-refractivity contribution in [1.82, 2.24) is 0 Å². The molecule has 0 aromatic carbocycles. The zero-order valence-electron chi connectivity index (χ0n) is 7.74. The summed E-state index contributed by atoms with van der Waals surface area (Å²) in [4.78, 5) is 21.2. The molecule has 0 saturated carbocycles. The number of carbonyl (C=O) groups is 2. The highest BCUT2D eigenvalue weighted by Crippen LogP contribution is 2.19. The van der Waals surface area contributed by atoms with Crippen LogP contribution in [0.25, 0.3) is 0 Å². The molecule has 5 nitrogen and oxygen atoms in total. The molecule has 0 aromatic heterocycles. The maximum absolute atomic E-state index is 10.8. The molecule has 0 heterocycles. The smallest absolute Gasteiger partial charge is 0.306 e. The quantitative estimate of drug-likeness (QED) is 0.606. The highest BCUT2D eigenvalue weighted by Gasteiger charge is 2.33. The lowest BCUT2D eigenvalue weighted by atomic mass is 9.94. The van der Waals surface area contributed by atoms with Crippen LogP contribution in [0.4, 0.5) is 0 Å². The second kappa shape index (κ2) is 4.94. The van der Waals surface area contributed by atoms with E-state index in [0.717, 1.165) is 0 Å². The molecule has 1 unspecified atom stereocenters. The van der Waals surface area contributed by atoms with Crippen LogP contribution in [0.2, 0.25) is 0 Å². The number of carbonyl (C=O) groups excluding carboxylic acids is 1. The van der Waals surface area contributed by atoms with Gasteiger partial charge in [0.25, 0.3) is 0 Å². The molecule has 0 amide bonds. The summed E-state index contributed by atoms with van der Waals surface area (Å²) in [5.74, 6) is -1.31. The van der Waals surface area contributed by atoms with Crippen LogP contribution in [0.3, 0.4) is 0 Å². The first-order valence-corrected chi connectivity index (χ1v) is 3.83. The van der Waals surface area contributed by atoms with E-state index < -0.39 is 18.2 Å². The molecule has 0 spiro atoms. The average Bonchev–Trinajstić information content (AvgIpc) is 2.01. The van der Waals surface area contributed by atoms with E-state index in [1.165, 1.54) is 14.0 Å². The molecule has 0 rings (SSSR count). The summed E-state index contributed by atoms with van der Waals surface area (Å²) in [6.45, 7) is 0.848. The van der Waals surface area contributed by atoms with Crippen LogP contribution in [-0.4, -0.2) is 41.3 Å². The number of methoxy groups -OCH3 is 1. The predicted molar refractivity (Wildman–Crippen MR) is 44.4 cm³/mol. The van der Waals surface area contributed by atoms with Gasteiger partial charge in [0.2, 0.25) is 0 Å². The third kappa shape index (κ3) is 4.00. The van der Waals surface area contributed by atoms with Crippen molar-refractivity contribution in [3.8, 4) is 0 Å². The first-order valence-electron chi connectivity index (χ1n) is 3.83. The zero-order chi connectivity index (χ0) is 10.5. The van der Waals surface area contributed by atoms with E-state index in [4.69, 9.17) is 14.9 Å². The Morgan fingerprint density at radius 2 is 1.92 bits per heavy atom. The first-order chi connectivity index (χ1) is 5.95. The fraction of sp³-hybridized carbons (Fsp3) is 0.750. The Kier molecular flexibility index (Phi) is 4.58. The molecule has 5 heteroatoms. The molecule has 2 N–H and O–H groups in total. The molecule has 0 aliphatic rings. The van der Waals surface area contributed by atoms with E-state index in [2.05, 4.69) is 0 Å². The van der Waals surface area contributed by atoms with E-state index in [-0.39, 0.29) is 18.6 Å². The maximum Gasteiger partial charge on any atom is 0.306 e. The van der Waals surface area contributed by atoms with E-state index in [9.17, 15) is 9.59 Å². The number of hydrogen-bond donors (Lipinski definition) is 2. The van der Waals surface area contributed by atoms with Crippen molar-refractivity contribution in [3.05, 3.63) is 0 Å². The van der Waals surface area contributed by atoms with Gasteiger partial charge in [-0.25, -0.2) is 0 Å². The lowest BCUT2D eigenvalue weighted by Gasteiger charge is -2.27. The van der Waals surface area contributed by atoms with Gasteiger partial charge in [0.15, 0.2) is 0 Å². The van der Waals surface area contributed by atoms with Crippen LogP contribution in [0.5, 0.6) is 0 Å². The lowest BCUT2D eigenvalue weighted by molar-refractivity contribution is -0.149. The number of ether oxygens (including phenoxy) is 1. The standard InChI is InChI=1S/C8H14O5/c1-6(10)3-8(5-9,13-2)4-7(11)12/h9H,3-5H2,1-2H3,(H,11,12). The van der Waals surface area contributed by atoms with Crippen LogP contribution >= 0.6 is 0 Å². The summed E-state index contributed by atoms with van der Waals surface area (Å²) in [5.41, 5.74) is -1.27. The zero-order valence-corrected chi connectivity index (χ0v) is 7.74. The molecule has 76 valence electrons. The van der Waals surface area contributed by atoms with Crippen molar-refractivity contribution in [2.75, 3.05) is 13.7 Å². The molecule has 13 heavy (non-hydrogen) atoms. The molecule has 1 atom stereocenters. The van der Waals surface area contributed by atoms with Crippen molar-refractivity contribution in [2.24, 2.45) is 0 Å². The van der Waals surface area contributed by atoms with E-state index in [1.807, 2.05) is 0 Å². The molecular formula is C8H14O5. The van der Waals surface area contributed by atoms with Gasteiger partial charge in [-0.2, -0.15) is 0 Å². The summed E-state index contributed by atoms with van der Waals surface area (Å²) in [7, 11) is 1.28. The first kappa shape index (κ1) is 12.1. The van der Waals surface area contributed by atoms with Crippen molar-refractivity contribution >= 4 is 11.8 Å². The number of hydrogen-bond acceptors (Lipinski definition) is 4. The molecule has 0 saturated heterocycles. The molecule has 0 aliphatic carbocycles. The number of carboxylic acids is 1. The molecule has 0 radical (unpaired) electrons. The van der Waals surface area contributed by atoms with E-state index >= 15 is 0 Å². The topological polar surface area (TPSA) is 83.8 Å². The van der Waals surface area contributed by atoms with Crippen LogP contribution in [0, 0.1) is 0 Å². The highest BCUT2D eigenvalue weighted by atomic mass is 16.5. The summed E-state index contributed by atoms with van der Waals surface area (Å²) >= 11 is 0. The fourth-order valence-electron chi connectivity index (χ4n) is 1.11. The average molecular weight is 190 g/mol. The molecule has 0 aliphatic heterocycles. The monoisotopic (exact) mass is 190 g/mol. The number of aliphatic hydroxyl groups excluding tert-OH is 1. The predicted octanol–water partition coefficient (Wildman–Crippen LogP) is -0.182. The van der Waals surface area contributed by atoms with Crippen molar-refractivity contribution in [2.45, 2.75) is 25.4 Å². The Bertz CT molecular complexity index is 177. The molecule has 0 fully saturated rings. The number of carboxylic acid groups (broad SMARTS) is 1. The van der Waals surface area contributed by atoms with Crippen molar-refractivity contribution in [1.29, 1.82) is 0 Å². The van der Waals surface area contributed by atoms with E-state index in [0.29, 0.717) is 0 Å². The maximum atomic E-state index is 10.8. The van der Waals surface area contributed by atoms with Gasteiger partial charge in [0, 0.05) is 13.5 Å². The minimum atomic E-state index is -1.27. The number of rotatable bonds is 6. The lowest BCUT2D eigenvalue weighted by Crippen LogP contribution is -2.40. The van der Waals surface area contributed by atoms with Crippen LogP contribution in [0.15, 0.2) is 0 Å². The van der Waals surface area contributed by atoms with Gasteiger partial charge in [-0.3, -0.25) is 9.59 Å². The van der Waals surface area contributed by atoms with Gasteiger partial charge in [-0.05, 0) is 6.92 Å². The summed E-state index contributed by atoms with van der Waals surface area (Å²) in [6.07, 6.45) is -0.466. The Balaban J connectivity index is 4.48. The van der Waals surface area contributed by atoms with Crippen LogP contribution < -0.4 is 0 Å². The summed E-state index contributed by atoms with van der Waals surface area (Å²) in [6, 6.07) is 0. The third-order valence-corrected chi connectivity index (χ3v) is 1.77. The summed E-state index contributed by atoms with van der Waals surface area (Å²) < 4.78 is 4.86. The molecular weight excluding hydrogens is 176 g/mol. The van der Waals surface area contributed by atoms with Gasteiger partial charge < -0.3 is 14.9 Å². The SMILES string of the molecule is COC(CO)(CC(C)=O)CC(=O)O. The van der Waals surface area contributed by atoms with Gasteiger partial charge in [0.1, 0.15) is 11.4 Å². The second-order valence-corrected chi connectivity index (χ2v) is 2.99. The molecule has 0 aromatic rings. The third-order valence-electron chi connectivity index (χ3n) is 1.77. The number of ketones is 1. The van der Waals surface area contributed by atoms with Crippen LogP contribution in [0.1, 0.15) is 19.8 Å². The van der Waals surface area contributed by atoms with E-state index in [1.54, 1.807) is 0 Å². The number of aliphatic hydroxyl groups is 1. The Hall–Kier alpha value is -0.940. The Morgan fingerprint density at radius 3 is 2.15 bits per heavy atom. The molecule has 0 bridgehead atoms. The normalized spacial score (nSPS) is 15.0. The number of aliphatic carboxylic acids is 1. The van der Waals surface area contributed by atoms with Gasteiger partial charge >= 0.3 is 5.97 Å². The van der Waals surface area contributed by atoms with Gasteiger partial charge in [-0.1, -0.05) is 0 Å². The fourth-order valence-corrected chi connectivity index (χ4v) is 1.11. The second-order valence-electron chi connectivity index (χ2n) is 2.99. The Labute approximate surface area is 76.3 Å². The van der Waals surface area contributed by atoms with Gasteiger partial charge in [-0.15, -0.1) is 0 Å².